The summed E-state index contributed by atoms with van der Waals surface area (Å²) in [6.07, 6.45) is 1.82. The Balaban J connectivity index is 0.00000306. The molecule has 0 bridgehead atoms. The van der Waals surface area contributed by atoms with E-state index < -0.39 is 18.2 Å². The Morgan fingerprint density at radius 1 is 0.714 bits per heavy atom. The summed E-state index contributed by atoms with van der Waals surface area (Å²) < 4.78 is 15.7. The molecule has 3 nitrogen and oxygen atoms in total. The number of nitrogens with zero attached hydrogens (tertiary/aromatic N) is 1. The summed E-state index contributed by atoms with van der Waals surface area (Å²) in [5.74, 6) is 1.82. The molecule has 190 valence electrons. The summed E-state index contributed by atoms with van der Waals surface area (Å²) in [7, 11) is 0. The van der Waals surface area contributed by atoms with E-state index in [0.29, 0.717) is 0 Å². The van der Waals surface area contributed by atoms with Crippen LogP contribution in [0.25, 0.3) is 0 Å². The van der Waals surface area contributed by atoms with E-state index in [-0.39, 0.29) is 35.6 Å². The Morgan fingerprint density at radius 3 is 1.57 bits per heavy atom. The zero-order valence-electron chi connectivity index (χ0n) is 22.4. The molecule has 0 saturated carbocycles. The van der Waals surface area contributed by atoms with Gasteiger partial charge in [-0.05, 0) is 0 Å². The zero-order chi connectivity index (χ0) is 24.4. The molecule has 0 aliphatic rings. The molecule has 0 unspecified atom stereocenters. The Kier molecular flexibility index (Phi) is 11.2. The Bertz CT molecular complexity index is 1110. The summed E-state index contributed by atoms with van der Waals surface area (Å²) in [5, 5.41) is 0. The Hall–Kier alpha value is -1.65. The molecule has 1 heterocycles. The fraction of sp³-hybridized carbons (Fsp3) is 0.379. The number of aromatic nitrogens is 1. The largest absolute Gasteiger partial charge is 0.147 e. The van der Waals surface area contributed by atoms with Crippen LogP contribution >= 0.6 is 24.8 Å². The maximum absolute atomic E-state index is 6.75. The smallest absolute Gasteiger partial charge is 0.147 e. The van der Waals surface area contributed by atoms with E-state index in [9.17, 15) is 0 Å². The Morgan fingerprint density at radius 2 is 1.17 bits per heavy atom. The molecule has 0 saturated heterocycles. The van der Waals surface area contributed by atoms with Crippen LogP contribution in [0, 0.1) is 20.8 Å². The topological polar surface area (TPSA) is 31.4 Å². The number of halogens is 2. The molecule has 0 fully saturated rings. The van der Waals surface area contributed by atoms with E-state index in [1.165, 1.54) is 22.3 Å². The SMILES string of the molecule is Cc1ccc([O][Ti](=[CH]c2cccnc2C)[O]c2ccc(C)cc2C(C)(C)C)c(C(C)(C)C)c1.Cl.Cl. The molecule has 35 heavy (non-hydrogen) atoms. The number of pyridine rings is 1. The molecule has 0 N–H and O–H groups in total. The van der Waals surface area contributed by atoms with Gasteiger partial charge in [-0.1, -0.05) is 0 Å². The van der Waals surface area contributed by atoms with Crippen LogP contribution in [0.1, 0.15) is 75.1 Å². The minimum atomic E-state index is -2.68. The van der Waals surface area contributed by atoms with Gasteiger partial charge in [-0.3, -0.25) is 0 Å². The van der Waals surface area contributed by atoms with Crippen LogP contribution in [-0.4, -0.2) is 9.30 Å². The first-order chi connectivity index (χ1) is 15.3. The monoisotopic (exact) mass is 551 g/mol. The number of rotatable bonds is 5. The molecule has 0 radical (unpaired) electrons. The molecule has 1 aromatic heterocycles. The van der Waals surface area contributed by atoms with E-state index >= 15 is 0 Å². The van der Waals surface area contributed by atoms with Crippen molar-refractivity contribution in [1.29, 1.82) is 0 Å². The van der Waals surface area contributed by atoms with Gasteiger partial charge < -0.3 is 0 Å². The first-order valence-electron chi connectivity index (χ1n) is 11.6. The van der Waals surface area contributed by atoms with Gasteiger partial charge >= 0.3 is 207 Å². The standard InChI is InChI=1S/2C11H16O.C7H7N.2ClH.Ti/c2*1-8-5-6-10(12)9(7-8)11(2,3)4;1-6-4-3-5-8-7(6)2;;;/h2*5-7,12H,1-4H3;1,3-5H,2H3;2*1H;/q;;;;;+2/p-2. The number of benzene rings is 2. The molecular weight excluding hydrogens is 513 g/mol. The van der Waals surface area contributed by atoms with Crippen molar-refractivity contribution in [2.75, 3.05) is 0 Å². The third kappa shape index (κ3) is 8.46. The maximum atomic E-state index is 6.75. The van der Waals surface area contributed by atoms with Gasteiger partial charge in [-0.2, -0.15) is 0 Å². The van der Waals surface area contributed by atoms with Crippen LogP contribution in [0.5, 0.6) is 11.5 Å². The first kappa shape index (κ1) is 31.4. The molecule has 3 rings (SSSR count). The van der Waals surface area contributed by atoms with Crippen molar-refractivity contribution < 1.29 is 24.8 Å². The fourth-order valence-corrected chi connectivity index (χ4v) is 6.07. The minimum Gasteiger partial charge on any atom is -0.147 e. The second-order valence-electron chi connectivity index (χ2n) is 10.8. The van der Waals surface area contributed by atoms with Crippen molar-refractivity contribution in [2.45, 2.75) is 73.1 Å². The van der Waals surface area contributed by atoms with Gasteiger partial charge in [0.25, 0.3) is 0 Å². The predicted octanol–water partition coefficient (Wildman–Crippen LogP) is 8.20. The van der Waals surface area contributed by atoms with Crippen LogP contribution in [0.2, 0.25) is 0 Å². The average Bonchev–Trinajstić information content (AvgIpc) is 2.70. The molecule has 6 heteroatoms. The maximum Gasteiger partial charge on any atom is -0.147 e. The summed E-state index contributed by atoms with van der Waals surface area (Å²) in [5.41, 5.74) is 6.85. The van der Waals surface area contributed by atoms with Gasteiger partial charge in [0.1, 0.15) is 0 Å². The number of aryl methyl sites for hydroxylation is 3. The normalized spacial score (nSPS) is 11.1. The summed E-state index contributed by atoms with van der Waals surface area (Å²) >= 11 is -2.68. The van der Waals surface area contributed by atoms with E-state index in [0.717, 1.165) is 22.8 Å². The second-order valence-corrected chi connectivity index (χ2v) is 12.9. The van der Waals surface area contributed by atoms with Crippen molar-refractivity contribution in [1.82, 2.24) is 4.98 Å². The molecule has 0 spiro atoms. The quantitative estimate of drug-likeness (QED) is 0.299. The van der Waals surface area contributed by atoms with Crippen LogP contribution in [0.3, 0.4) is 0 Å². The van der Waals surface area contributed by atoms with Crippen LogP contribution < -0.4 is 6.64 Å². The first-order valence-corrected chi connectivity index (χ1v) is 13.7. The van der Waals surface area contributed by atoms with Crippen LogP contribution in [0.4, 0.5) is 0 Å². The van der Waals surface area contributed by atoms with Crippen molar-refractivity contribution >= 4 is 29.1 Å². The molecule has 3 aromatic rings. The minimum absolute atomic E-state index is 0. The molecule has 0 aliphatic carbocycles. The van der Waals surface area contributed by atoms with Crippen molar-refractivity contribution in [3.63, 3.8) is 0 Å². The molecule has 0 atom stereocenters. The van der Waals surface area contributed by atoms with E-state index in [4.69, 9.17) is 6.64 Å². The van der Waals surface area contributed by atoms with Gasteiger partial charge in [-0.15, -0.1) is 24.8 Å². The van der Waals surface area contributed by atoms with Crippen LogP contribution in [-0.2, 0) is 29.0 Å². The zero-order valence-corrected chi connectivity index (χ0v) is 25.5. The summed E-state index contributed by atoms with van der Waals surface area (Å²) in [6.45, 7) is 19.6. The van der Waals surface area contributed by atoms with Crippen molar-refractivity contribution in [3.8, 4) is 11.5 Å². The fourth-order valence-electron chi connectivity index (χ4n) is 3.71. The van der Waals surface area contributed by atoms with Gasteiger partial charge in [0.15, 0.2) is 0 Å². The van der Waals surface area contributed by atoms with E-state index in [2.05, 4.69) is 107 Å². The number of hydrogen-bond acceptors (Lipinski definition) is 3. The van der Waals surface area contributed by atoms with Gasteiger partial charge in [0, 0.05) is 0 Å². The summed E-state index contributed by atoms with van der Waals surface area (Å²) in [4.78, 5) is 4.47. The third-order valence-electron chi connectivity index (χ3n) is 5.63. The van der Waals surface area contributed by atoms with Crippen molar-refractivity contribution in [3.05, 3.63) is 88.2 Å². The molecule has 0 aliphatic heterocycles. The molecule has 0 amide bonds. The number of hydrogen-bond donors (Lipinski definition) is 0. The van der Waals surface area contributed by atoms with Gasteiger partial charge in [-0.25, -0.2) is 0 Å². The molecular formula is C29H39Cl2NO2Ti. The molecule has 2 aromatic carbocycles. The second kappa shape index (κ2) is 12.5. The van der Waals surface area contributed by atoms with Crippen molar-refractivity contribution in [2.24, 2.45) is 0 Å². The predicted molar refractivity (Wildman–Crippen MR) is 150 cm³/mol. The third-order valence-corrected chi connectivity index (χ3v) is 7.80. The summed E-state index contributed by atoms with van der Waals surface area (Å²) in [6, 6.07) is 16.9. The van der Waals surface area contributed by atoms with Gasteiger partial charge in [0.05, 0.1) is 0 Å². The van der Waals surface area contributed by atoms with Gasteiger partial charge in [0.2, 0.25) is 0 Å². The van der Waals surface area contributed by atoms with E-state index in [1.807, 2.05) is 19.2 Å². The van der Waals surface area contributed by atoms with E-state index in [1.54, 1.807) is 0 Å². The Labute approximate surface area is 230 Å². The van der Waals surface area contributed by atoms with Crippen LogP contribution in [0.15, 0.2) is 54.7 Å². The average molecular weight is 552 g/mol.